The van der Waals surface area contributed by atoms with Crippen LogP contribution in [0.1, 0.15) is 31.2 Å². The smallest absolute Gasteiger partial charge is 0.130 e. The molecule has 0 radical (unpaired) electrons. The monoisotopic (exact) mass is 276 g/mol. The van der Waals surface area contributed by atoms with E-state index in [1.807, 2.05) is 16.7 Å². The Kier molecular flexibility index (Phi) is 4.63. The Labute approximate surface area is 118 Å². The predicted octanol–water partition coefficient (Wildman–Crippen LogP) is 2.54. The molecule has 2 aromatic rings. The summed E-state index contributed by atoms with van der Waals surface area (Å²) in [5.41, 5.74) is 1.74. The first-order valence-electron chi connectivity index (χ1n) is 6.63. The molecule has 0 bridgehead atoms. The summed E-state index contributed by atoms with van der Waals surface area (Å²) in [4.78, 5) is 4.11. The molecule has 20 heavy (non-hydrogen) atoms. The molecule has 108 valence electrons. The number of imidazole rings is 1. The number of aryl methyl sites for hydroxylation is 1. The van der Waals surface area contributed by atoms with Gasteiger partial charge in [0.25, 0.3) is 0 Å². The van der Waals surface area contributed by atoms with Crippen molar-refractivity contribution >= 4 is 0 Å². The maximum atomic E-state index is 9.79. The van der Waals surface area contributed by atoms with Crippen LogP contribution in [-0.4, -0.2) is 21.8 Å². The van der Waals surface area contributed by atoms with Gasteiger partial charge in [0.1, 0.15) is 18.1 Å². The third-order valence-electron chi connectivity index (χ3n) is 3.19. The van der Waals surface area contributed by atoms with E-state index in [4.69, 9.17) is 9.47 Å². The molecule has 0 aliphatic heterocycles. The Morgan fingerprint density at radius 1 is 1.40 bits per heavy atom. The third-order valence-corrected chi connectivity index (χ3v) is 3.19. The molecule has 5 heteroatoms. The van der Waals surface area contributed by atoms with Crippen molar-refractivity contribution in [3.63, 3.8) is 0 Å². The summed E-state index contributed by atoms with van der Waals surface area (Å²) in [7, 11) is 1.60. The molecule has 1 aromatic carbocycles. The lowest BCUT2D eigenvalue weighted by Crippen LogP contribution is -2.06. The number of rotatable bonds is 6. The number of nitrogens with zero attached hydrogens (tertiary/aromatic N) is 2. The van der Waals surface area contributed by atoms with Gasteiger partial charge in [0, 0.05) is 18.2 Å². The van der Waals surface area contributed by atoms with E-state index < -0.39 is 6.10 Å². The van der Waals surface area contributed by atoms with E-state index in [2.05, 4.69) is 11.9 Å². The van der Waals surface area contributed by atoms with Crippen molar-refractivity contribution in [1.29, 1.82) is 0 Å². The van der Waals surface area contributed by atoms with Gasteiger partial charge in [0.2, 0.25) is 0 Å². The highest BCUT2D eigenvalue weighted by Gasteiger charge is 2.11. The minimum atomic E-state index is -0.591. The Bertz CT molecular complexity index is 564. The van der Waals surface area contributed by atoms with Gasteiger partial charge in [0.05, 0.1) is 31.4 Å². The first-order chi connectivity index (χ1) is 9.65. The maximum absolute atomic E-state index is 9.79. The van der Waals surface area contributed by atoms with Gasteiger partial charge in [0.15, 0.2) is 0 Å². The van der Waals surface area contributed by atoms with Crippen molar-refractivity contribution in [1.82, 2.24) is 9.55 Å². The lowest BCUT2D eigenvalue weighted by molar-refractivity contribution is 0.189. The molecule has 5 nitrogen and oxygen atoms in total. The third kappa shape index (κ3) is 3.11. The van der Waals surface area contributed by atoms with Crippen LogP contribution in [0.15, 0.2) is 30.7 Å². The average Bonchev–Trinajstić information content (AvgIpc) is 2.91. The Balaban J connectivity index is 2.19. The standard InChI is InChI=1S/C15H20N2O3/c1-4-17-10-16-8-12(17)9-20-15-7-13(19-3)5-6-14(15)11(2)18/h5-8,10-11,18H,4,9H2,1-3H3. The molecule has 1 atom stereocenters. The van der Waals surface area contributed by atoms with Crippen molar-refractivity contribution in [3.8, 4) is 11.5 Å². The molecular formula is C15H20N2O3. The summed E-state index contributed by atoms with van der Waals surface area (Å²) < 4.78 is 13.0. The highest BCUT2D eigenvalue weighted by molar-refractivity contribution is 5.41. The largest absolute Gasteiger partial charge is 0.497 e. The maximum Gasteiger partial charge on any atom is 0.130 e. The van der Waals surface area contributed by atoms with Crippen molar-refractivity contribution in [2.75, 3.05) is 7.11 Å². The number of ether oxygens (including phenoxy) is 2. The molecule has 0 fully saturated rings. The number of benzene rings is 1. The van der Waals surface area contributed by atoms with Crippen LogP contribution in [0.3, 0.4) is 0 Å². The van der Waals surface area contributed by atoms with E-state index in [0.717, 1.165) is 17.8 Å². The fourth-order valence-corrected chi connectivity index (χ4v) is 2.02. The first kappa shape index (κ1) is 14.4. The van der Waals surface area contributed by atoms with Crippen molar-refractivity contribution in [2.45, 2.75) is 33.1 Å². The fraction of sp³-hybridized carbons (Fsp3) is 0.400. The van der Waals surface area contributed by atoms with E-state index in [-0.39, 0.29) is 0 Å². The van der Waals surface area contributed by atoms with Crippen molar-refractivity contribution in [2.24, 2.45) is 0 Å². The lowest BCUT2D eigenvalue weighted by atomic mass is 10.1. The van der Waals surface area contributed by atoms with Gasteiger partial charge in [-0.25, -0.2) is 4.98 Å². The number of methoxy groups -OCH3 is 1. The Morgan fingerprint density at radius 3 is 2.85 bits per heavy atom. The normalized spacial score (nSPS) is 12.2. The number of hydrogen-bond donors (Lipinski definition) is 1. The molecule has 0 aliphatic carbocycles. The minimum Gasteiger partial charge on any atom is -0.497 e. The fourth-order valence-electron chi connectivity index (χ4n) is 2.02. The zero-order valence-corrected chi connectivity index (χ0v) is 12.0. The molecule has 0 saturated heterocycles. The number of hydrogen-bond acceptors (Lipinski definition) is 4. The topological polar surface area (TPSA) is 56.5 Å². The van der Waals surface area contributed by atoms with Crippen LogP contribution in [0.5, 0.6) is 11.5 Å². The van der Waals surface area contributed by atoms with Crippen LogP contribution in [0.2, 0.25) is 0 Å². The molecule has 1 N–H and O–H groups in total. The van der Waals surface area contributed by atoms with Crippen LogP contribution >= 0.6 is 0 Å². The molecule has 1 heterocycles. The second-order valence-corrected chi connectivity index (χ2v) is 4.54. The minimum absolute atomic E-state index is 0.403. The van der Waals surface area contributed by atoms with Crippen LogP contribution in [0.25, 0.3) is 0 Å². The molecule has 0 saturated carbocycles. The van der Waals surface area contributed by atoms with Gasteiger partial charge in [-0.3, -0.25) is 0 Å². The van der Waals surface area contributed by atoms with E-state index in [9.17, 15) is 5.11 Å². The zero-order chi connectivity index (χ0) is 14.5. The first-order valence-corrected chi connectivity index (χ1v) is 6.63. The van der Waals surface area contributed by atoms with Gasteiger partial charge in [-0.1, -0.05) is 0 Å². The van der Waals surface area contributed by atoms with Crippen molar-refractivity contribution < 1.29 is 14.6 Å². The van der Waals surface area contributed by atoms with Gasteiger partial charge in [-0.05, 0) is 26.0 Å². The summed E-state index contributed by atoms with van der Waals surface area (Å²) in [6.07, 6.45) is 2.97. The van der Waals surface area contributed by atoms with Crippen LogP contribution in [0, 0.1) is 0 Å². The van der Waals surface area contributed by atoms with E-state index in [0.29, 0.717) is 18.1 Å². The van der Waals surface area contributed by atoms with Gasteiger partial charge in [-0.2, -0.15) is 0 Å². The average molecular weight is 276 g/mol. The molecule has 0 amide bonds. The summed E-state index contributed by atoms with van der Waals surface area (Å²) in [5.74, 6) is 1.33. The van der Waals surface area contributed by atoms with Gasteiger partial charge in [-0.15, -0.1) is 0 Å². The Morgan fingerprint density at radius 2 is 2.20 bits per heavy atom. The molecule has 2 rings (SSSR count). The number of aliphatic hydroxyl groups is 1. The summed E-state index contributed by atoms with van der Waals surface area (Å²) in [6, 6.07) is 5.41. The van der Waals surface area contributed by atoms with Crippen LogP contribution < -0.4 is 9.47 Å². The second-order valence-electron chi connectivity index (χ2n) is 4.54. The van der Waals surface area contributed by atoms with Gasteiger partial charge < -0.3 is 19.1 Å². The molecule has 1 aromatic heterocycles. The molecule has 1 unspecified atom stereocenters. The predicted molar refractivity (Wildman–Crippen MR) is 75.9 cm³/mol. The molecule has 0 aliphatic rings. The SMILES string of the molecule is CCn1cncc1COc1cc(OC)ccc1C(C)O. The summed E-state index contributed by atoms with van der Waals surface area (Å²) in [5, 5.41) is 9.79. The lowest BCUT2D eigenvalue weighted by Gasteiger charge is -2.15. The summed E-state index contributed by atoms with van der Waals surface area (Å²) in [6.45, 7) is 5.02. The van der Waals surface area contributed by atoms with Crippen molar-refractivity contribution in [3.05, 3.63) is 42.0 Å². The highest BCUT2D eigenvalue weighted by atomic mass is 16.5. The van der Waals surface area contributed by atoms with Crippen LogP contribution in [-0.2, 0) is 13.2 Å². The highest BCUT2D eigenvalue weighted by Crippen LogP contribution is 2.30. The zero-order valence-electron chi connectivity index (χ0n) is 12.0. The molecular weight excluding hydrogens is 256 g/mol. The Hall–Kier alpha value is -2.01. The van der Waals surface area contributed by atoms with E-state index in [1.165, 1.54) is 0 Å². The quantitative estimate of drug-likeness (QED) is 0.881. The molecule has 0 spiro atoms. The number of aliphatic hydroxyl groups excluding tert-OH is 1. The van der Waals surface area contributed by atoms with E-state index >= 15 is 0 Å². The second kappa shape index (κ2) is 6.43. The number of aromatic nitrogens is 2. The van der Waals surface area contributed by atoms with E-state index in [1.54, 1.807) is 32.6 Å². The van der Waals surface area contributed by atoms with Crippen LogP contribution in [0.4, 0.5) is 0 Å². The van der Waals surface area contributed by atoms with Gasteiger partial charge >= 0.3 is 0 Å². The summed E-state index contributed by atoms with van der Waals surface area (Å²) >= 11 is 0.